The van der Waals surface area contributed by atoms with Crippen molar-refractivity contribution in [3.8, 4) is 28.6 Å². The van der Waals surface area contributed by atoms with E-state index in [-0.39, 0.29) is 35.0 Å². The van der Waals surface area contributed by atoms with E-state index in [1.807, 2.05) is 43.0 Å². The van der Waals surface area contributed by atoms with Gasteiger partial charge >= 0.3 is 0 Å². The van der Waals surface area contributed by atoms with Gasteiger partial charge in [0.2, 0.25) is 11.7 Å². The zero-order valence-electron chi connectivity index (χ0n) is 24.7. The third-order valence-corrected chi connectivity index (χ3v) is 8.53. The quantitative estimate of drug-likeness (QED) is 0.372. The molecule has 4 N–H and O–H groups in total. The molecule has 2 aliphatic rings. The van der Waals surface area contributed by atoms with Crippen LogP contribution in [-0.2, 0) is 11.3 Å². The molecule has 0 bridgehead atoms. The Morgan fingerprint density at radius 3 is 2.17 bits per heavy atom. The highest BCUT2D eigenvalue weighted by molar-refractivity contribution is 5.91. The third-order valence-electron chi connectivity index (χ3n) is 8.53. The topological polar surface area (TPSA) is 141 Å². The summed E-state index contributed by atoms with van der Waals surface area (Å²) in [6.45, 7) is 13.3. The van der Waals surface area contributed by atoms with E-state index in [1.54, 1.807) is 17.6 Å². The Morgan fingerprint density at radius 1 is 0.929 bits per heavy atom. The fourth-order valence-electron chi connectivity index (χ4n) is 6.03. The molecule has 2 amide bonds. The monoisotopic (exact) mass is 575 g/mol. The molecule has 0 radical (unpaired) electrons. The van der Waals surface area contributed by atoms with Crippen LogP contribution in [0.4, 0.5) is 0 Å². The lowest BCUT2D eigenvalue weighted by Gasteiger charge is -2.38. The number of piperidine rings is 1. The van der Waals surface area contributed by atoms with Crippen molar-refractivity contribution in [1.82, 2.24) is 29.5 Å². The summed E-state index contributed by atoms with van der Waals surface area (Å²) in [4.78, 5) is 30.8. The van der Waals surface area contributed by atoms with Crippen molar-refractivity contribution in [1.29, 1.82) is 0 Å². The second kappa shape index (κ2) is 12.5. The van der Waals surface area contributed by atoms with Gasteiger partial charge in [-0.1, -0.05) is 26.0 Å². The third kappa shape index (κ3) is 6.42. The van der Waals surface area contributed by atoms with Gasteiger partial charge in [-0.05, 0) is 54.0 Å². The highest BCUT2D eigenvalue weighted by Gasteiger charge is 2.26. The molecule has 42 heavy (non-hydrogen) atoms. The summed E-state index contributed by atoms with van der Waals surface area (Å²) in [6.07, 6.45) is 2.17. The lowest BCUT2D eigenvalue weighted by atomic mass is 9.96. The maximum atomic E-state index is 12.2. The minimum atomic E-state index is -0.734. The number of likely N-dealkylation sites (tertiary alicyclic amines) is 1. The maximum absolute atomic E-state index is 12.2. The Kier molecular flexibility index (Phi) is 8.79. The normalized spacial score (nSPS) is 17.2. The van der Waals surface area contributed by atoms with Crippen LogP contribution in [0.25, 0.3) is 17.1 Å². The highest BCUT2D eigenvalue weighted by Crippen LogP contribution is 2.38. The number of rotatable bonds is 8. The lowest BCUT2D eigenvalue weighted by Crippen LogP contribution is -2.48. The molecule has 0 spiro atoms. The molecule has 2 saturated heterocycles. The van der Waals surface area contributed by atoms with Crippen molar-refractivity contribution in [3.63, 3.8) is 0 Å². The van der Waals surface area contributed by atoms with Gasteiger partial charge in [0, 0.05) is 71.0 Å². The molecule has 1 aromatic heterocycles. The van der Waals surface area contributed by atoms with Crippen LogP contribution < -0.4 is 5.73 Å². The summed E-state index contributed by atoms with van der Waals surface area (Å²) in [7, 11) is 0. The van der Waals surface area contributed by atoms with Crippen LogP contribution in [0, 0.1) is 5.92 Å². The number of piperazine rings is 1. The Hall–Kier alpha value is -3.96. The number of carbonyl (C=O) groups is 2. The molecule has 224 valence electrons. The number of primary amides is 1. The van der Waals surface area contributed by atoms with E-state index >= 15 is 0 Å². The van der Waals surface area contributed by atoms with Crippen molar-refractivity contribution in [2.24, 2.45) is 11.7 Å². The average Bonchev–Trinajstić information content (AvgIpc) is 3.40. The van der Waals surface area contributed by atoms with Crippen molar-refractivity contribution in [2.45, 2.75) is 46.1 Å². The van der Waals surface area contributed by atoms with E-state index in [0.29, 0.717) is 22.7 Å². The summed E-state index contributed by atoms with van der Waals surface area (Å²) < 4.78 is 1.54. The molecule has 3 heterocycles. The molecule has 3 aromatic rings. The number of nitrogens with two attached hydrogens (primary N) is 1. The number of carbonyl (C=O) groups excluding carboxylic acids is 2. The minimum absolute atomic E-state index is 0.00319. The number of aromatic nitrogens is 3. The molecule has 11 heteroatoms. The summed E-state index contributed by atoms with van der Waals surface area (Å²) in [6, 6.07) is 10.8. The lowest BCUT2D eigenvalue weighted by molar-refractivity contribution is -0.130. The highest BCUT2D eigenvalue weighted by atomic mass is 16.3. The van der Waals surface area contributed by atoms with Gasteiger partial charge in [0.1, 0.15) is 11.5 Å². The summed E-state index contributed by atoms with van der Waals surface area (Å²) in [5, 5.41) is 29.2. The first-order valence-electron chi connectivity index (χ1n) is 14.7. The van der Waals surface area contributed by atoms with Crippen LogP contribution in [0.3, 0.4) is 0 Å². The summed E-state index contributed by atoms with van der Waals surface area (Å²) in [5.41, 5.74) is 8.42. The van der Waals surface area contributed by atoms with Gasteiger partial charge in [-0.3, -0.25) is 19.1 Å². The van der Waals surface area contributed by atoms with Gasteiger partial charge in [-0.15, -0.1) is 10.2 Å². The molecule has 11 nitrogen and oxygen atoms in total. The largest absolute Gasteiger partial charge is 0.508 e. The van der Waals surface area contributed by atoms with Crippen LogP contribution in [0.2, 0.25) is 0 Å². The summed E-state index contributed by atoms with van der Waals surface area (Å²) >= 11 is 0. The zero-order chi connectivity index (χ0) is 30.0. The molecule has 0 atom stereocenters. The van der Waals surface area contributed by atoms with Gasteiger partial charge in [0.25, 0.3) is 5.91 Å². The van der Waals surface area contributed by atoms with Crippen LogP contribution in [-0.4, -0.2) is 97.3 Å². The number of nitrogens with zero attached hydrogens (tertiary/aromatic N) is 6. The maximum Gasteiger partial charge on any atom is 0.287 e. The number of phenols is 2. The second-order valence-electron chi connectivity index (χ2n) is 11.8. The Morgan fingerprint density at radius 2 is 1.57 bits per heavy atom. The number of hydrogen-bond acceptors (Lipinski definition) is 8. The fraction of sp³-hybridized carbons (Fsp3) is 0.484. The average molecular weight is 576 g/mol. The van der Waals surface area contributed by atoms with Crippen molar-refractivity contribution < 1.29 is 19.8 Å². The number of aromatic hydroxyl groups is 2. The second-order valence-corrected chi connectivity index (χ2v) is 11.8. The van der Waals surface area contributed by atoms with Gasteiger partial charge < -0.3 is 25.7 Å². The van der Waals surface area contributed by atoms with E-state index in [0.717, 1.165) is 70.8 Å². The molecule has 0 saturated carbocycles. The Labute approximate surface area is 246 Å². The first-order chi connectivity index (χ1) is 20.1. The fourth-order valence-corrected chi connectivity index (χ4v) is 6.03. The molecule has 0 unspecified atom stereocenters. The molecular weight excluding hydrogens is 534 g/mol. The van der Waals surface area contributed by atoms with Gasteiger partial charge in [-0.25, -0.2) is 0 Å². The molecule has 2 fully saturated rings. The molecule has 0 aliphatic carbocycles. The smallest absolute Gasteiger partial charge is 0.287 e. The van der Waals surface area contributed by atoms with Crippen molar-refractivity contribution >= 4 is 11.8 Å². The van der Waals surface area contributed by atoms with Crippen molar-refractivity contribution in [2.75, 3.05) is 45.8 Å². The SMILES string of the molecule is CC(=O)N1CCC(CN2CCN(Cc3ccc(-n4c(C(N)=O)nnc4-c4cc(C(C)C)c(O)cc4O)cc3)CC2)CC1. The van der Waals surface area contributed by atoms with Crippen LogP contribution in [0.5, 0.6) is 11.5 Å². The van der Waals surface area contributed by atoms with E-state index < -0.39 is 5.91 Å². The molecule has 5 rings (SSSR count). The predicted molar refractivity (Wildman–Crippen MR) is 159 cm³/mol. The summed E-state index contributed by atoms with van der Waals surface area (Å²) in [5.74, 6) is 0.159. The van der Waals surface area contributed by atoms with Crippen molar-refractivity contribution in [3.05, 3.63) is 53.3 Å². The number of benzene rings is 2. The molecular formula is C31H41N7O4. The molecule has 2 aliphatic heterocycles. The van der Waals surface area contributed by atoms with E-state index in [1.165, 1.54) is 6.07 Å². The first-order valence-corrected chi connectivity index (χ1v) is 14.7. The van der Waals surface area contributed by atoms with E-state index in [9.17, 15) is 19.8 Å². The molecule has 2 aromatic carbocycles. The van der Waals surface area contributed by atoms with Gasteiger partial charge in [-0.2, -0.15) is 0 Å². The predicted octanol–water partition coefficient (Wildman–Crippen LogP) is 2.94. The van der Waals surface area contributed by atoms with E-state index in [2.05, 4.69) is 20.0 Å². The standard InChI is InChI=1S/C31H41N7O4/c1-20(2)25-16-26(28(41)17-27(25)40)30-33-34-31(29(32)42)38(30)24-6-4-22(5-7-24)18-35-12-14-36(15-13-35)19-23-8-10-37(11-9-23)21(3)39/h4-7,16-17,20,23,40-41H,8-15,18-19H2,1-3H3,(H2,32,42). The van der Waals surface area contributed by atoms with E-state index in [4.69, 9.17) is 5.73 Å². The number of amides is 2. The van der Waals surface area contributed by atoms with Gasteiger partial charge in [0.05, 0.1) is 5.56 Å². The number of hydrogen-bond donors (Lipinski definition) is 3. The zero-order valence-corrected chi connectivity index (χ0v) is 24.7. The van der Waals surface area contributed by atoms with Crippen LogP contribution in [0.1, 0.15) is 61.3 Å². The Balaban J connectivity index is 1.25. The van der Waals surface area contributed by atoms with Gasteiger partial charge in [0.15, 0.2) is 5.82 Å². The first kappa shape index (κ1) is 29.5. The van der Waals surface area contributed by atoms with Crippen LogP contribution in [0.15, 0.2) is 36.4 Å². The van der Waals surface area contributed by atoms with Crippen LogP contribution >= 0.6 is 0 Å². The minimum Gasteiger partial charge on any atom is -0.508 e. The number of phenolic OH excluding ortho intramolecular Hbond substituents is 2. The Bertz CT molecular complexity index is 1420.